The highest BCUT2D eigenvalue weighted by Crippen LogP contribution is 2.24. The molecule has 0 fully saturated rings. The average Bonchev–Trinajstić information content (AvgIpc) is 2.39. The minimum absolute atomic E-state index is 0.116. The van der Waals surface area contributed by atoms with Crippen molar-refractivity contribution in [1.82, 2.24) is 0 Å². The number of nitrogens with two attached hydrogens (primary N) is 1. The van der Waals surface area contributed by atoms with Crippen LogP contribution in [-0.2, 0) is 0 Å². The number of carbonyl (C=O) groups is 1. The van der Waals surface area contributed by atoms with Crippen molar-refractivity contribution in [2.24, 2.45) is 0 Å². The molecule has 0 radical (unpaired) electrons. The summed E-state index contributed by atoms with van der Waals surface area (Å²) in [6.07, 6.45) is 1.13. The van der Waals surface area contributed by atoms with Crippen molar-refractivity contribution in [3.8, 4) is 0 Å². The Hall–Kier alpha value is -2.26. The molecule has 0 aromatic heterocycles. The number of carbonyl (C=O) groups excluding carboxylic acids is 1. The number of anilines is 1. The maximum absolute atomic E-state index is 12.1. The summed E-state index contributed by atoms with van der Waals surface area (Å²) in [7, 11) is 0. The number of aliphatic hydroxyl groups excluding tert-OH is 1. The molecule has 0 atom stereocenters. The third kappa shape index (κ3) is 3.00. The van der Waals surface area contributed by atoms with Crippen LogP contribution >= 0.6 is 11.6 Å². The van der Waals surface area contributed by atoms with Crippen LogP contribution in [-0.4, -0.2) is 10.9 Å². The van der Waals surface area contributed by atoms with Crippen LogP contribution in [0.2, 0.25) is 5.02 Å². The van der Waals surface area contributed by atoms with Crippen molar-refractivity contribution in [1.29, 1.82) is 0 Å². The van der Waals surface area contributed by atoms with Gasteiger partial charge in [0.15, 0.2) is 5.78 Å². The Morgan fingerprint density at radius 1 is 1.20 bits per heavy atom. The summed E-state index contributed by atoms with van der Waals surface area (Å²) in [6, 6.07) is 12.0. The van der Waals surface area contributed by atoms with E-state index in [2.05, 4.69) is 0 Å². The van der Waals surface area contributed by atoms with Gasteiger partial charge in [-0.2, -0.15) is 0 Å². The smallest absolute Gasteiger partial charge is 0.193 e. The number of hydrogen-bond donors (Lipinski definition) is 2. The molecule has 0 saturated heterocycles. The summed E-state index contributed by atoms with van der Waals surface area (Å²) >= 11 is 5.96. The van der Waals surface area contributed by atoms with E-state index in [0.29, 0.717) is 5.56 Å². The predicted molar refractivity (Wildman–Crippen MR) is 82.0 cm³/mol. The number of benzene rings is 2. The standard InChI is InChI=1S/C16H14ClNO2/c1-10-5-7-11(8-6-10)14(19)9-15(20)16-12(17)3-2-4-13(16)18/h2-9,19H,18H2,1H3/b14-9-. The molecule has 0 heterocycles. The lowest BCUT2D eigenvalue weighted by Crippen LogP contribution is -2.03. The van der Waals surface area contributed by atoms with E-state index < -0.39 is 5.78 Å². The van der Waals surface area contributed by atoms with Crippen LogP contribution < -0.4 is 5.73 Å². The molecule has 2 rings (SSSR count). The van der Waals surface area contributed by atoms with Gasteiger partial charge in [0.05, 0.1) is 10.6 Å². The molecule has 4 heteroatoms. The van der Waals surface area contributed by atoms with Gasteiger partial charge in [-0.1, -0.05) is 47.5 Å². The van der Waals surface area contributed by atoms with E-state index in [0.717, 1.165) is 11.6 Å². The molecule has 3 nitrogen and oxygen atoms in total. The van der Waals surface area contributed by atoms with Crippen LogP contribution in [0, 0.1) is 6.92 Å². The van der Waals surface area contributed by atoms with Gasteiger partial charge in [0.25, 0.3) is 0 Å². The second kappa shape index (κ2) is 5.80. The molecule has 102 valence electrons. The number of aliphatic hydroxyl groups is 1. The van der Waals surface area contributed by atoms with Crippen LogP contribution in [0.25, 0.3) is 5.76 Å². The van der Waals surface area contributed by atoms with Gasteiger partial charge >= 0.3 is 0 Å². The van der Waals surface area contributed by atoms with Crippen molar-refractivity contribution in [2.75, 3.05) is 5.73 Å². The summed E-state index contributed by atoms with van der Waals surface area (Å²) in [5.74, 6) is -0.541. The molecule has 20 heavy (non-hydrogen) atoms. The number of rotatable bonds is 3. The van der Waals surface area contributed by atoms with Gasteiger partial charge in [-0.3, -0.25) is 4.79 Å². The Bertz CT molecular complexity index is 655. The van der Waals surface area contributed by atoms with Gasteiger partial charge in [-0.05, 0) is 19.1 Å². The lowest BCUT2D eigenvalue weighted by Gasteiger charge is -2.05. The lowest BCUT2D eigenvalue weighted by molar-refractivity contribution is 0.104. The summed E-state index contributed by atoms with van der Waals surface area (Å²) in [4.78, 5) is 12.1. The molecule has 0 bridgehead atoms. The topological polar surface area (TPSA) is 63.3 Å². The minimum Gasteiger partial charge on any atom is -0.507 e. The zero-order valence-electron chi connectivity index (χ0n) is 10.9. The first-order valence-electron chi connectivity index (χ1n) is 6.05. The van der Waals surface area contributed by atoms with Crippen LogP contribution in [0.4, 0.5) is 5.69 Å². The molecule has 0 aliphatic carbocycles. The van der Waals surface area contributed by atoms with Crippen LogP contribution in [0.1, 0.15) is 21.5 Å². The SMILES string of the molecule is Cc1ccc(/C(O)=C/C(=O)c2c(N)cccc2Cl)cc1. The molecular formula is C16H14ClNO2. The van der Waals surface area contributed by atoms with Crippen molar-refractivity contribution >= 4 is 28.8 Å². The second-order valence-electron chi connectivity index (χ2n) is 4.46. The summed E-state index contributed by atoms with van der Waals surface area (Å²) in [6.45, 7) is 1.94. The van der Waals surface area contributed by atoms with Gasteiger partial charge in [-0.25, -0.2) is 0 Å². The Morgan fingerprint density at radius 2 is 1.85 bits per heavy atom. The summed E-state index contributed by atoms with van der Waals surface area (Å²) in [5, 5.41) is 10.2. The normalized spacial score (nSPS) is 11.4. The third-order valence-electron chi connectivity index (χ3n) is 2.91. The van der Waals surface area contributed by atoms with Crippen LogP contribution in [0.15, 0.2) is 48.5 Å². The first-order chi connectivity index (χ1) is 9.49. The first-order valence-corrected chi connectivity index (χ1v) is 6.43. The van der Waals surface area contributed by atoms with Gasteiger partial charge in [0, 0.05) is 17.3 Å². The zero-order chi connectivity index (χ0) is 14.7. The Labute approximate surface area is 122 Å². The first kappa shape index (κ1) is 14.2. The van der Waals surface area contributed by atoms with Crippen molar-refractivity contribution in [3.63, 3.8) is 0 Å². The van der Waals surface area contributed by atoms with Crippen molar-refractivity contribution in [2.45, 2.75) is 6.92 Å². The number of allylic oxidation sites excluding steroid dienone is 1. The van der Waals surface area contributed by atoms with Crippen molar-refractivity contribution < 1.29 is 9.90 Å². The van der Waals surface area contributed by atoms with Gasteiger partial charge in [0.2, 0.25) is 0 Å². The van der Waals surface area contributed by atoms with Gasteiger partial charge in [0.1, 0.15) is 5.76 Å². The zero-order valence-corrected chi connectivity index (χ0v) is 11.7. The molecule has 0 amide bonds. The molecule has 0 spiro atoms. The highest BCUT2D eigenvalue weighted by Gasteiger charge is 2.13. The maximum atomic E-state index is 12.1. The molecule has 0 saturated carbocycles. The van der Waals surface area contributed by atoms with E-state index in [-0.39, 0.29) is 22.0 Å². The molecule has 0 aliphatic heterocycles. The highest BCUT2D eigenvalue weighted by molar-refractivity contribution is 6.35. The monoisotopic (exact) mass is 287 g/mol. The third-order valence-corrected chi connectivity index (χ3v) is 3.22. The van der Waals surface area contributed by atoms with Crippen LogP contribution in [0.5, 0.6) is 0 Å². The number of aryl methyl sites for hydroxylation is 1. The number of halogens is 1. The fraction of sp³-hybridized carbons (Fsp3) is 0.0625. The fourth-order valence-corrected chi connectivity index (χ4v) is 2.08. The Balaban J connectivity index is 2.35. The number of hydrogen-bond acceptors (Lipinski definition) is 3. The quantitative estimate of drug-likeness (QED) is 0.388. The van der Waals surface area contributed by atoms with Crippen LogP contribution in [0.3, 0.4) is 0 Å². The maximum Gasteiger partial charge on any atom is 0.193 e. The molecular weight excluding hydrogens is 274 g/mol. The fourth-order valence-electron chi connectivity index (χ4n) is 1.80. The highest BCUT2D eigenvalue weighted by atomic mass is 35.5. The number of ketones is 1. The van der Waals surface area contributed by atoms with E-state index in [1.54, 1.807) is 30.3 Å². The molecule has 0 unspecified atom stereocenters. The van der Waals surface area contributed by atoms with E-state index in [1.807, 2.05) is 19.1 Å². The predicted octanol–water partition coefficient (Wildman–Crippen LogP) is 4.01. The Morgan fingerprint density at radius 3 is 2.45 bits per heavy atom. The van der Waals surface area contributed by atoms with Crippen molar-refractivity contribution in [3.05, 3.63) is 70.3 Å². The van der Waals surface area contributed by atoms with E-state index >= 15 is 0 Å². The molecule has 2 aromatic rings. The van der Waals surface area contributed by atoms with E-state index in [1.165, 1.54) is 0 Å². The second-order valence-corrected chi connectivity index (χ2v) is 4.87. The van der Waals surface area contributed by atoms with E-state index in [9.17, 15) is 9.90 Å². The number of nitrogen functional groups attached to an aromatic ring is 1. The largest absolute Gasteiger partial charge is 0.507 e. The van der Waals surface area contributed by atoms with E-state index in [4.69, 9.17) is 17.3 Å². The lowest BCUT2D eigenvalue weighted by atomic mass is 10.1. The van der Waals surface area contributed by atoms with Gasteiger partial charge < -0.3 is 10.8 Å². The molecule has 0 aliphatic rings. The minimum atomic E-state index is -0.425. The van der Waals surface area contributed by atoms with Gasteiger partial charge in [-0.15, -0.1) is 0 Å². The summed E-state index contributed by atoms with van der Waals surface area (Å²) < 4.78 is 0. The summed E-state index contributed by atoms with van der Waals surface area (Å²) in [5.41, 5.74) is 7.87. The molecule has 3 N–H and O–H groups in total. The molecule has 2 aromatic carbocycles. The Kier molecular flexibility index (Phi) is 4.11. The average molecular weight is 288 g/mol.